The van der Waals surface area contributed by atoms with Crippen molar-refractivity contribution < 1.29 is 27.2 Å². The normalized spacial score (nSPS) is 12.2. The number of unbranched alkanes of at least 4 members (excludes halogenated alkanes) is 11. The summed E-state index contributed by atoms with van der Waals surface area (Å²) < 4.78 is 52.0. The Hall–Kier alpha value is -0.960. The molecule has 2 unspecified atom stereocenters. The number of hydrogen-bond acceptors (Lipinski definition) is 12. The van der Waals surface area contributed by atoms with Crippen LogP contribution in [0.1, 0.15) is 129 Å². The third kappa shape index (κ3) is 54.4. The Balaban J connectivity index is -0.00000124. The average Bonchev–Trinajstić information content (AvgIpc) is 3.22. The minimum Gasteiger partial charge on any atom is -0.370 e. The molecule has 0 saturated carbocycles. The van der Waals surface area contributed by atoms with Crippen molar-refractivity contribution >= 4 is 113 Å². The van der Waals surface area contributed by atoms with Gasteiger partial charge in [0, 0.05) is 39.3 Å². The molecule has 0 aromatic rings. The Kier molecular flexibility index (Phi) is 66.0. The maximum Gasteiger partial charge on any atom is 0.331 e. The first kappa shape index (κ1) is 81.1. The van der Waals surface area contributed by atoms with Crippen molar-refractivity contribution in [2.24, 2.45) is 44.4 Å². The second-order valence-electron chi connectivity index (χ2n) is 15.6. The SMILES string of the molecule is CCCCCCOP(=O)(CCN(CCCN=C(N)N)CCCNC(=N)N)OCCCCCCCCOP(=O)(CCN(CCCN=C(N)N)CCCNC(=N)N)OCCCCCC.Cl.Cl.Cl.Cl.Cl.Cl. The number of aliphatic imine (C=N–C) groups is 2. The Morgan fingerprint density at radius 2 is 0.721 bits per heavy atom. The van der Waals surface area contributed by atoms with Gasteiger partial charge in [0.25, 0.3) is 0 Å². The van der Waals surface area contributed by atoms with Gasteiger partial charge in [-0.3, -0.25) is 29.9 Å². The molecule has 20 nitrogen and oxygen atoms in total. The smallest absolute Gasteiger partial charge is 0.331 e. The lowest BCUT2D eigenvalue weighted by Crippen LogP contribution is -2.35. The number of hydrogen-bond donors (Lipinski definition) is 10. The fourth-order valence-electron chi connectivity index (χ4n) is 6.37. The van der Waals surface area contributed by atoms with E-state index in [9.17, 15) is 9.13 Å². The van der Waals surface area contributed by atoms with E-state index in [2.05, 4.69) is 44.3 Å². The highest BCUT2D eigenvalue weighted by Crippen LogP contribution is 2.49. The van der Waals surface area contributed by atoms with Gasteiger partial charge in [0.2, 0.25) is 0 Å². The van der Waals surface area contributed by atoms with Crippen molar-refractivity contribution in [2.45, 2.75) is 129 Å². The number of nitrogens with zero attached hydrogens (tertiary/aromatic N) is 4. The Morgan fingerprint density at radius 1 is 0.441 bits per heavy atom. The van der Waals surface area contributed by atoms with Crippen molar-refractivity contribution in [3.05, 3.63) is 0 Å². The molecule has 0 fully saturated rings. The highest BCUT2D eigenvalue weighted by molar-refractivity contribution is 7.54. The van der Waals surface area contributed by atoms with E-state index in [1.807, 2.05) is 0 Å². The van der Waals surface area contributed by atoms with Crippen molar-refractivity contribution in [2.75, 3.05) is 104 Å². The Morgan fingerprint density at radius 3 is 1.00 bits per heavy atom. The highest BCUT2D eigenvalue weighted by atomic mass is 35.5. The minimum atomic E-state index is -3.33. The van der Waals surface area contributed by atoms with Crippen LogP contribution in [-0.2, 0) is 27.2 Å². The summed E-state index contributed by atoms with van der Waals surface area (Å²) in [6, 6.07) is 0. The van der Waals surface area contributed by atoms with Crippen LogP contribution in [-0.4, -0.2) is 138 Å². The summed E-state index contributed by atoms with van der Waals surface area (Å²) in [6.07, 6.45) is 17.1. The second kappa shape index (κ2) is 55.4. The molecule has 16 N–H and O–H groups in total. The van der Waals surface area contributed by atoms with E-state index in [4.69, 9.17) is 63.3 Å². The largest absolute Gasteiger partial charge is 0.370 e. The Labute approximate surface area is 447 Å². The third-order valence-corrected chi connectivity index (χ3v) is 13.7. The molecule has 0 saturated heterocycles. The van der Waals surface area contributed by atoms with Crippen LogP contribution < -0.4 is 45.0 Å². The molecule has 0 radical (unpaired) electrons. The van der Waals surface area contributed by atoms with E-state index < -0.39 is 15.2 Å². The van der Waals surface area contributed by atoms with Crippen LogP contribution in [0.25, 0.3) is 0 Å². The molecule has 0 aromatic carbocycles. The van der Waals surface area contributed by atoms with Gasteiger partial charge in [0.1, 0.15) is 0 Å². The molecule has 0 amide bonds. The van der Waals surface area contributed by atoms with E-state index in [1.165, 1.54) is 0 Å². The zero-order chi connectivity index (χ0) is 46.2. The standard InChI is InChI=1S/C40H90N14O6P2.6ClH/c1-3-5-7-13-31-57-61(55,35-29-53(25-17-21-49-37(41)42)26-18-22-50-38(43)44)59-33-15-11-9-10-12-16-34-60-62(56,58-32-14-8-6-4-2)36-30-54(27-19-23-51-39(45)46)28-20-24-52-40(47)48;;;;;;/h3-36H2,1-2H3,(H4,41,42,49)(H4,43,44,50)(H4,45,46,51)(H4,47,48,52);6*1H. The lowest BCUT2D eigenvalue weighted by atomic mass is 10.1. The summed E-state index contributed by atoms with van der Waals surface area (Å²) in [5.74, 6) is -0.0103. The topological polar surface area (TPSA) is 330 Å². The van der Waals surface area contributed by atoms with Crippen LogP contribution in [0.15, 0.2) is 9.98 Å². The number of nitrogens with two attached hydrogens (primary N) is 6. The number of nitrogens with one attached hydrogen (secondary N) is 4. The lowest BCUT2D eigenvalue weighted by molar-refractivity contribution is 0.189. The summed E-state index contributed by atoms with van der Waals surface area (Å²) in [6.45, 7) is 11.9. The van der Waals surface area contributed by atoms with Crippen LogP contribution in [0.3, 0.4) is 0 Å². The predicted molar refractivity (Wildman–Crippen MR) is 301 cm³/mol. The van der Waals surface area contributed by atoms with Gasteiger partial charge in [0.15, 0.2) is 23.8 Å². The van der Waals surface area contributed by atoms with Gasteiger partial charge in [-0.1, -0.05) is 78.1 Å². The van der Waals surface area contributed by atoms with Gasteiger partial charge in [-0.15, -0.1) is 74.4 Å². The van der Waals surface area contributed by atoms with Gasteiger partial charge in [-0.25, -0.2) is 0 Å². The average molecular weight is 1140 g/mol. The maximum absolute atomic E-state index is 14.0. The number of halogens is 6. The monoisotopic (exact) mass is 1140 g/mol. The van der Waals surface area contributed by atoms with Crippen molar-refractivity contribution in [1.29, 1.82) is 10.8 Å². The minimum absolute atomic E-state index is 0. The van der Waals surface area contributed by atoms with Gasteiger partial charge in [0.05, 0.1) is 38.8 Å². The van der Waals surface area contributed by atoms with Gasteiger partial charge >= 0.3 is 15.2 Å². The van der Waals surface area contributed by atoms with Crippen LogP contribution >= 0.6 is 89.6 Å². The van der Waals surface area contributed by atoms with Gasteiger partial charge < -0.3 is 72.9 Å². The summed E-state index contributed by atoms with van der Waals surface area (Å²) in [4.78, 5) is 12.6. The molecule has 0 aliphatic carbocycles. The first-order chi connectivity index (χ1) is 29.7. The molecule has 0 aliphatic heterocycles. The molecule has 0 bridgehead atoms. The third-order valence-electron chi connectivity index (χ3n) is 9.85. The first-order valence-electron chi connectivity index (χ1n) is 23.2. The van der Waals surface area contributed by atoms with E-state index in [0.717, 1.165) is 129 Å². The van der Waals surface area contributed by atoms with E-state index in [0.29, 0.717) is 78.8 Å². The molecule has 414 valence electrons. The molecule has 0 rings (SSSR count). The highest BCUT2D eigenvalue weighted by Gasteiger charge is 2.27. The second-order valence-corrected chi connectivity index (χ2v) is 20.0. The first-order valence-corrected chi connectivity index (χ1v) is 26.7. The summed E-state index contributed by atoms with van der Waals surface area (Å²) in [5.41, 5.74) is 32.9. The van der Waals surface area contributed by atoms with Gasteiger partial charge in [-0.2, -0.15) is 0 Å². The summed E-state index contributed by atoms with van der Waals surface area (Å²) >= 11 is 0. The molecule has 0 aliphatic rings. The molecule has 2 atom stereocenters. The fraction of sp³-hybridized carbons (Fsp3) is 0.900. The lowest BCUT2D eigenvalue weighted by Gasteiger charge is -2.25. The van der Waals surface area contributed by atoms with Crippen LogP contribution in [0.2, 0.25) is 0 Å². The molecule has 0 spiro atoms. The maximum atomic E-state index is 14.0. The Bertz CT molecular complexity index is 1210. The number of rotatable bonds is 45. The van der Waals surface area contributed by atoms with E-state index in [-0.39, 0.29) is 111 Å². The molecular formula is C40H96Cl6N14O6P2. The molecule has 0 aromatic heterocycles. The summed E-state index contributed by atoms with van der Waals surface area (Å²) in [5, 5.41) is 20.5. The fourth-order valence-corrected chi connectivity index (χ4v) is 9.72. The molecule has 0 heterocycles. The van der Waals surface area contributed by atoms with Crippen molar-refractivity contribution in [3.8, 4) is 0 Å². The quantitative estimate of drug-likeness (QED) is 0.0125. The zero-order valence-electron chi connectivity index (χ0n) is 41.1. The summed E-state index contributed by atoms with van der Waals surface area (Å²) in [7, 11) is -6.66. The molecular weight excluding hydrogens is 1050 g/mol. The van der Waals surface area contributed by atoms with Crippen LogP contribution in [0, 0.1) is 10.8 Å². The zero-order valence-corrected chi connectivity index (χ0v) is 47.8. The van der Waals surface area contributed by atoms with Crippen LogP contribution in [0.5, 0.6) is 0 Å². The van der Waals surface area contributed by atoms with Gasteiger partial charge in [-0.05, 0) is 77.5 Å². The number of guanidine groups is 4. The van der Waals surface area contributed by atoms with E-state index >= 15 is 0 Å². The van der Waals surface area contributed by atoms with Crippen LogP contribution in [0.4, 0.5) is 0 Å². The van der Waals surface area contributed by atoms with Crippen molar-refractivity contribution in [3.63, 3.8) is 0 Å². The van der Waals surface area contributed by atoms with E-state index in [1.54, 1.807) is 0 Å². The predicted octanol–water partition coefficient (Wildman–Crippen LogP) is 7.15. The molecule has 28 heteroatoms. The van der Waals surface area contributed by atoms with Crippen molar-refractivity contribution in [1.82, 2.24) is 20.4 Å². The molecule has 68 heavy (non-hydrogen) atoms.